The molecule has 4 heteroatoms. The smallest absolute Gasteiger partial charge is 0.323 e. The molecule has 4 nitrogen and oxygen atoms in total. The topological polar surface area (TPSA) is 64.3 Å². The Bertz CT molecular complexity index is 461. The largest absolute Gasteiger partial charge is 0.480 e. The van der Waals surface area contributed by atoms with Crippen molar-refractivity contribution >= 4 is 11.7 Å². The lowest BCUT2D eigenvalue weighted by Gasteiger charge is -2.27. The maximum absolute atomic E-state index is 10.8. The van der Waals surface area contributed by atoms with E-state index in [1.807, 2.05) is 26.8 Å². The van der Waals surface area contributed by atoms with Gasteiger partial charge in [-0.05, 0) is 44.5 Å². The first-order valence-corrected chi connectivity index (χ1v) is 5.45. The normalized spacial score (nSPS) is 10.1. The van der Waals surface area contributed by atoms with Gasteiger partial charge in [0, 0.05) is 11.7 Å². The number of carboxylic acid groups (broad SMARTS) is 1. The third kappa shape index (κ3) is 3.22. The van der Waals surface area contributed by atoms with E-state index in [4.69, 9.17) is 10.4 Å². The second kappa shape index (κ2) is 5.35. The predicted octanol–water partition coefficient (Wildman–Crippen LogP) is 2.17. The van der Waals surface area contributed by atoms with Crippen LogP contribution in [0.1, 0.15) is 25.0 Å². The maximum Gasteiger partial charge on any atom is 0.323 e. The number of aliphatic carboxylic acids is 1. The maximum atomic E-state index is 10.8. The van der Waals surface area contributed by atoms with Gasteiger partial charge in [0.25, 0.3) is 0 Å². The van der Waals surface area contributed by atoms with Gasteiger partial charge in [-0.25, -0.2) is 0 Å². The highest BCUT2D eigenvalue weighted by Gasteiger charge is 2.14. The fourth-order valence-electron chi connectivity index (χ4n) is 1.67. The first kappa shape index (κ1) is 13.0. The molecule has 0 aliphatic rings. The highest BCUT2D eigenvalue weighted by atomic mass is 16.4. The summed E-state index contributed by atoms with van der Waals surface area (Å²) in [4.78, 5) is 12.6. The Morgan fingerprint density at radius 3 is 2.59 bits per heavy atom. The fraction of sp³-hybridized carbons (Fsp3) is 0.385. The van der Waals surface area contributed by atoms with E-state index in [0.717, 1.165) is 11.3 Å². The van der Waals surface area contributed by atoms with Gasteiger partial charge in [0.05, 0.1) is 11.6 Å². The molecule has 0 saturated heterocycles. The number of aryl methyl sites for hydroxylation is 1. The van der Waals surface area contributed by atoms with E-state index in [0.29, 0.717) is 5.56 Å². The molecule has 0 bridgehead atoms. The highest BCUT2D eigenvalue weighted by molar-refractivity contribution is 5.74. The standard InChI is InChI=1S/C13H16N2O2/c1-9(2)15(8-13(16)17)12-5-4-11(7-14)10(3)6-12/h4-6,9H,8H2,1-3H3,(H,16,17). The molecule has 0 spiro atoms. The zero-order valence-corrected chi connectivity index (χ0v) is 10.3. The molecule has 90 valence electrons. The molecule has 0 fully saturated rings. The number of anilines is 1. The van der Waals surface area contributed by atoms with Gasteiger partial charge in [0.2, 0.25) is 0 Å². The molecular weight excluding hydrogens is 216 g/mol. The van der Waals surface area contributed by atoms with Crippen molar-refractivity contribution in [3.63, 3.8) is 0 Å². The molecule has 0 aliphatic carbocycles. The molecule has 1 N–H and O–H groups in total. The molecule has 0 radical (unpaired) electrons. The van der Waals surface area contributed by atoms with Crippen molar-refractivity contribution < 1.29 is 9.90 Å². The summed E-state index contributed by atoms with van der Waals surface area (Å²) >= 11 is 0. The number of hydrogen-bond donors (Lipinski definition) is 1. The Morgan fingerprint density at radius 2 is 2.18 bits per heavy atom. The highest BCUT2D eigenvalue weighted by Crippen LogP contribution is 2.20. The van der Waals surface area contributed by atoms with E-state index in [1.165, 1.54) is 0 Å². The minimum Gasteiger partial charge on any atom is -0.480 e. The number of nitriles is 1. The SMILES string of the molecule is Cc1cc(N(CC(=O)O)C(C)C)ccc1C#N. The molecule has 17 heavy (non-hydrogen) atoms. The number of carboxylic acids is 1. The summed E-state index contributed by atoms with van der Waals surface area (Å²) in [6.45, 7) is 5.69. The summed E-state index contributed by atoms with van der Waals surface area (Å²) in [5.41, 5.74) is 2.31. The van der Waals surface area contributed by atoms with Crippen molar-refractivity contribution in [1.82, 2.24) is 0 Å². The van der Waals surface area contributed by atoms with Gasteiger partial charge in [-0.3, -0.25) is 4.79 Å². The molecule has 1 aromatic carbocycles. The van der Waals surface area contributed by atoms with Crippen molar-refractivity contribution in [3.05, 3.63) is 29.3 Å². The Kier molecular flexibility index (Phi) is 4.11. The molecular formula is C13H16N2O2. The van der Waals surface area contributed by atoms with Crippen LogP contribution in [0.3, 0.4) is 0 Å². The molecule has 0 amide bonds. The average Bonchev–Trinajstić information content (AvgIpc) is 2.25. The Hall–Kier alpha value is -2.02. The van der Waals surface area contributed by atoms with E-state index in [1.54, 1.807) is 17.0 Å². The lowest BCUT2D eigenvalue weighted by atomic mass is 10.1. The molecule has 0 saturated carbocycles. The second-order valence-electron chi connectivity index (χ2n) is 4.23. The molecule has 0 atom stereocenters. The summed E-state index contributed by atoms with van der Waals surface area (Å²) < 4.78 is 0. The third-order valence-electron chi connectivity index (χ3n) is 2.59. The lowest BCUT2D eigenvalue weighted by Crippen LogP contribution is -2.35. The van der Waals surface area contributed by atoms with Crippen LogP contribution < -0.4 is 4.90 Å². The minimum atomic E-state index is -0.860. The average molecular weight is 232 g/mol. The van der Waals surface area contributed by atoms with Gasteiger partial charge in [-0.15, -0.1) is 0 Å². The third-order valence-corrected chi connectivity index (χ3v) is 2.59. The van der Waals surface area contributed by atoms with E-state index in [9.17, 15) is 4.79 Å². The monoisotopic (exact) mass is 232 g/mol. The second-order valence-corrected chi connectivity index (χ2v) is 4.23. The van der Waals surface area contributed by atoms with Gasteiger partial charge < -0.3 is 10.0 Å². The van der Waals surface area contributed by atoms with Crippen molar-refractivity contribution in [3.8, 4) is 6.07 Å². The molecule has 1 rings (SSSR count). The van der Waals surface area contributed by atoms with Crippen LogP contribution in [0.25, 0.3) is 0 Å². The zero-order valence-electron chi connectivity index (χ0n) is 10.3. The van der Waals surface area contributed by atoms with Crippen LogP contribution in [-0.4, -0.2) is 23.7 Å². The first-order valence-electron chi connectivity index (χ1n) is 5.45. The Balaban J connectivity index is 3.07. The van der Waals surface area contributed by atoms with E-state index >= 15 is 0 Å². The molecule has 0 unspecified atom stereocenters. The van der Waals surface area contributed by atoms with E-state index < -0.39 is 5.97 Å². The van der Waals surface area contributed by atoms with Crippen LogP contribution in [0.4, 0.5) is 5.69 Å². The predicted molar refractivity (Wildman–Crippen MR) is 66.0 cm³/mol. The van der Waals surface area contributed by atoms with E-state index in [2.05, 4.69) is 6.07 Å². The van der Waals surface area contributed by atoms with Crippen molar-refractivity contribution in [2.45, 2.75) is 26.8 Å². The van der Waals surface area contributed by atoms with Crippen LogP contribution in [0.15, 0.2) is 18.2 Å². The summed E-state index contributed by atoms with van der Waals surface area (Å²) in [6, 6.07) is 7.55. The van der Waals surface area contributed by atoms with Gasteiger partial charge in [-0.1, -0.05) is 0 Å². The molecule has 1 aromatic rings. The van der Waals surface area contributed by atoms with Crippen LogP contribution >= 0.6 is 0 Å². The van der Waals surface area contributed by atoms with Crippen LogP contribution in [0.5, 0.6) is 0 Å². The number of benzene rings is 1. The van der Waals surface area contributed by atoms with Gasteiger partial charge >= 0.3 is 5.97 Å². The van der Waals surface area contributed by atoms with E-state index in [-0.39, 0.29) is 12.6 Å². The minimum absolute atomic E-state index is 0.0387. The summed E-state index contributed by atoms with van der Waals surface area (Å²) in [5.74, 6) is -0.860. The summed E-state index contributed by atoms with van der Waals surface area (Å²) in [6.07, 6.45) is 0. The van der Waals surface area contributed by atoms with Crippen molar-refractivity contribution in [2.24, 2.45) is 0 Å². The molecule has 0 aliphatic heterocycles. The number of hydrogen-bond acceptors (Lipinski definition) is 3. The quantitative estimate of drug-likeness (QED) is 0.864. The van der Waals surface area contributed by atoms with Gasteiger partial charge in [-0.2, -0.15) is 5.26 Å². The van der Waals surface area contributed by atoms with Gasteiger partial charge in [0.15, 0.2) is 0 Å². The fourth-order valence-corrected chi connectivity index (χ4v) is 1.67. The van der Waals surface area contributed by atoms with Crippen molar-refractivity contribution in [2.75, 3.05) is 11.4 Å². The van der Waals surface area contributed by atoms with Crippen LogP contribution in [0, 0.1) is 18.3 Å². The number of rotatable bonds is 4. The number of nitrogens with zero attached hydrogens (tertiary/aromatic N) is 2. The number of carbonyl (C=O) groups is 1. The van der Waals surface area contributed by atoms with Gasteiger partial charge in [0.1, 0.15) is 6.54 Å². The van der Waals surface area contributed by atoms with Crippen LogP contribution in [-0.2, 0) is 4.79 Å². The van der Waals surface area contributed by atoms with Crippen LogP contribution in [0.2, 0.25) is 0 Å². The molecule has 0 heterocycles. The Morgan fingerprint density at radius 1 is 1.53 bits per heavy atom. The lowest BCUT2D eigenvalue weighted by molar-refractivity contribution is -0.135. The first-order chi connectivity index (χ1) is 7.95. The summed E-state index contributed by atoms with van der Waals surface area (Å²) in [7, 11) is 0. The molecule has 0 aromatic heterocycles. The van der Waals surface area contributed by atoms with Crippen molar-refractivity contribution in [1.29, 1.82) is 5.26 Å². The Labute approximate surface area is 101 Å². The summed E-state index contributed by atoms with van der Waals surface area (Å²) in [5, 5.41) is 17.7. The zero-order chi connectivity index (χ0) is 13.0.